The van der Waals surface area contributed by atoms with E-state index in [4.69, 9.17) is 9.52 Å². The Balaban J connectivity index is 2.54. The Morgan fingerprint density at radius 1 is 1.47 bits per heavy atom. The fourth-order valence-electron chi connectivity index (χ4n) is 1.68. The van der Waals surface area contributed by atoms with Crippen molar-refractivity contribution in [2.24, 2.45) is 0 Å². The van der Waals surface area contributed by atoms with Crippen LogP contribution in [0.3, 0.4) is 0 Å². The molecule has 0 saturated carbocycles. The fraction of sp³-hybridized carbons (Fsp3) is 0.538. The van der Waals surface area contributed by atoms with E-state index in [1.54, 1.807) is 13.1 Å². The Morgan fingerprint density at radius 3 is 2.63 bits per heavy atom. The van der Waals surface area contributed by atoms with Crippen molar-refractivity contribution >= 4 is 12.0 Å². The molecule has 1 aromatic heterocycles. The maximum Gasteiger partial charge on any atom is 0.326 e. The largest absolute Gasteiger partial charge is 0.480 e. The third kappa shape index (κ3) is 4.65. The Labute approximate surface area is 112 Å². The van der Waals surface area contributed by atoms with Gasteiger partial charge in [-0.2, -0.15) is 0 Å². The van der Waals surface area contributed by atoms with E-state index in [1.165, 1.54) is 4.90 Å². The number of amides is 2. The van der Waals surface area contributed by atoms with Crippen molar-refractivity contribution in [3.63, 3.8) is 0 Å². The molecule has 1 atom stereocenters. The summed E-state index contributed by atoms with van der Waals surface area (Å²) in [6.45, 7) is 4.00. The average molecular weight is 268 g/mol. The summed E-state index contributed by atoms with van der Waals surface area (Å²) in [5.74, 6) is 0.424. The van der Waals surface area contributed by atoms with E-state index in [2.05, 4.69) is 5.32 Å². The van der Waals surface area contributed by atoms with Crippen LogP contribution in [0.1, 0.15) is 31.3 Å². The van der Waals surface area contributed by atoms with Crippen molar-refractivity contribution < 1.29 is 19.1 Å². The van der Waals surface area contributed by atoms with Gasteiger partial charge < -0.3 is 19.7 Å². The summed E-state index contributed by atoms with van der Waals surface area (Å²) >= 11 is 0. The number of carboxylic acid groups (broad SMARTS) is 1. The molecule has 2 amide bonds. The van der Waals surface area contributed by atoms with Crippen LogP contribution in [0, 0.1) is 6.92 Å². The lowest BCUT2D eigenvalue weighted by atomic mass is 10.2. The van der Waals surface area contributed by atoms with Gasteiger partial charge in [0.15, 0.2) is 0 Å². The first-order valence-electron chi connectivity index (χ1n) is 6.23. The van der Waals surface area contributed by atoms with E-state index in [-0.39, 0.29) is 0 Å². The number of carboxylic acids is 1. The van der Waals surface area contributed by atoms with Gasteiger partial charge in [-0.25, -0.2) is 9.59 Å². The second-order valence-corrected chi connectivity index (χ2v) is 4.50. The molecule has 0 saturated heterocycles. The molecule has 0 aliphatic heterocycles. The van der Waals surface area contributed by atoms with Crippen molar-refractivity contribution in [1.29, 1.82) is 0 Å². The summed E-state index contributed by atoms with van der Waals surface area (Å²) in [4.78, 5) is 24.2. The van der Waals surface area contributed by atoms with E-state index >= 15 is 0 Å². The zero-order valence-electron chi connectivity index (χ0n) is 11.5. The lowest BCUT2D eigenvalue weighted by Crippen LogP contribution is -2.46. The quantitative estimate of drug-likeness (QED) is 0.826. The van der Waals surface area contributed by atoms with E-state index in [0.717, 1.165) is 5.76 Å². The van der Waals surface area contributed by atoms with Crippen LogP contribution in [0.4, 0.5) is 4.79 Å². The van der Waals surface area contributed by atoms with Gasteiger partial charge >= 0.3 is 12.0 Å². The maximum absolute atomic E-state index is 11.9. The lowest BCUT2D eigenvalue weighted by molar-refractivity contribution is -0.139. The smallest absolute Gasteiger partial charge is 0.326 e. The Morgan fingerprint density at radius 2 is 2.16 bits per heavy atom. The monoisotopic (exact) mass is 268 g/mol. The molecule has 0 aliphatic carbocycles. The zero-order chi connectivity index (χ0) is 14.4. The minimum Gasteiger partial charge on any atom is -0.480 e. The molecular formula is C13H20N2O4. The first kappa shape index (κ1) is 15.1. The molecule has 1 aromatic rings. The van der Waals surface area contributed by atoms with Crippen molar-refractivity contribution in [2.45, 2.75) is 39.3 Å². The van der Waals surface area contributed by atoms with Gasteiger partial charge in [-0.05, 0) is 25.5 Å². The van der Waals surface area contributed by atoms with Gasteiger partial charge in [0.25, 0.3) is 0 Å². The highest BCUT2D eigenvalue weighted by atomic mass is 16.4. The number of hydrogen-bond donors (Lipinski definition) is 2. The van der Waals surface area contributed by atoms with E-state index in [9.17, 15) is 9.59 Å². The van der Waals surface area contributed by atoms with Crippen LogP contribution in [0.5, 0.6) is 0 Å². The van der Waals surface area contributed by atoms with Crippen LogP contribution in [-0.2, 0) is 11.3 Å². The minimum atomic E-state index is -1.02. The first-order valence-corrected chi connectivity index (χ1v) is 6.23. The summed E-state index contributed by atoms with van der Waals surface area (Å²) in [7, 11) is 1.60. The van der Waals surface area contributed by atoms with Crippen LogP contribution in [-0.4, -0.2) is 35.1 Å². The molecule has 6 heteroatoms. The van der Waals surface area contributed by atoms with Gasteiger partial charge in [-0.1, -0.05) is 13.3 Å². The van der Waals surface area contributed by atoms with Gasteiger partial charge in [0.05, 0.1) is 6.54 Å². The summed E-state index contributed by atoms with van der Waals surface area (Å²) in [5.41, 5.74) is 0. The van der Waals surface area contributed by atoms with Gasteiger partial charge in [0.2, 0.25) is 0 Å². The molecule has 0 fully saturated rings. The molecule has 0 aliphatic rings. The van der Waals surface area contributed by atoms with Crippen LogP contribution in [0.2, 0.25) is 0 Å². The van der Waals surface area contributed by atoms with E-state index in [1.807, 2.05) is 19.9 Å². The standard InChI is InChI=1S/C13H20N2O4/c1-4-5-11(12(16)17)14-13(18)15(3)8-10-7-6-9(2)19-10/h6-7,11H,4-5,8H2,1-3H3,(H,14,18)(H,16,17)/t11-/m0/s1. The molecule has 19 heavy (non-hydrogen) atoms. The molecule has 1 heterocycles. The number of hydrogen-bond acceptors (Lipinski definition) is 3. The molecule has 0 spiro atoms. The van der Waals surface area contributed by atoms with Crippen molar-refractivity contribution in [1.82, 2.24) is 10.2 Å². The van der Waals surface area contributed by atoms with E-state index < -0.39 is 18.0 Å². The molecule has 0 aromatic carbocycles. The number of rotatable bonds is 6. The summed E-state index contributed by atoms with van der Waals surface area (Å²) in [6.07, 6.45) is 1.10. The Kier molecular flexibility index (Phi) is 5.41. The van der Waals surface area contributed by atoms with Crippen LogP contribution in [0.15, 0.2) is 16.5 Å². The fourth-order valence-corrected chi connectivity index (χ4v) is 1.68. The highest BCUT2D eigenvalue weighted by Crippen LogP contribution is 2.09. The van der Waals surface area contributed by atoms with Gasteiger partial charge in [-0.15, -0.1) is 0 Å². The third-order valence-corrected chi connectivity index (χ3v) is 2.71. The summed E-state index contributed by atoms with van der Waals surface area (Å²) in [5, 5.41) is 11.5. The van der Waals surface area contributed by atoms with E-state index in [0.29, 0.717) is 25.1 Å². The topological polar surface area (TPSA) is 82.8 Å². The van der Waals surface area contributed by atoms with Crippen molar-refractivity contribution in [3.05, 3.63) is 23.7 Å². The summed E-state index contributed by atoms with van der Waals surface area (Å²) < 4.78 is 5.37. The maximum atomic E-state index is 11.9. The molecule has 2 N–H and O–H groups in total. The predicted molar refractivity (Wildman–Crippen MR) is 69.8 cm³/mol. The van der Waals surface area contributed by atoms with Crippen molar-refractivity contribution in [2.75, 3.05) is 7.05 Å². The number of carbonyl (C=O) groups excluding carboxylic acids is 1. The minimum absolute atomic E-state index is 0.304. The van der Waals surface area contributed by atoms with Gasteiger partial charge in [0.1, 0.15) is 17.6 Å². The second-order valence-electron chi connectivity index (χ2n) is 4.50. The van der Waals surface area contributed by atoms with Crippen LogP contribution >= 0.6 is 0 Å². The average Bonchev–Trinajstić information content (AvgIpc) is 2.73. The SMILES string of the molecule is CCC[C@H](NC(=O)N(C)Cc1ccc(C)o1)C(=O)O. The Hall–Kier alpha value is -1.98. The zero-order valence-corrected chi connectivity index (χ0v) is 11.5. The molecule has 106 valence electrons. The number of urea groups is 1. The Bertz CT molecular complexity index is 442. The number of carbonyl (C=O) groups is 2. The van der Waals surface area contributed by atoms with Gasteiger partial charge in [-0.3, -0.25) is 0 Å². The second kappa shape index (κ2) is 6.82. The molecule has 0 bridgehead atoms. The third-order valence-electron chi connectivity index (χ3n) is 2.71. The first-order chi connectivity index (χ1) is 8.93. The number of aryl methyl sites for hydroxylation is 1. The van der Waals surface area contributed by atoms with Crippen molar-refractivity contribution in [3.8, 4) is 0 Å². The van der Waals surface area contributed by atoms with Crippen LogP contribution in [0.25, 0.3) is 0 Å². The molecule has 1 rings (SSSR count). The predicted octanol–water partition coefficient (Wildman–Crippen LogP) is 1.98. The number of nitrogens with zero attached hydrogens (tertiary/aromatic N) is 1. The molecule has 6 nitrogen and oxygen atoms in total. The number of nitrogens with one attached hydrogen (secondary N) is 1. The highest BCUT2D eigenvalue weighted by molar-refractivity contribution is 5.82. The lowest BCUT2D eigenvalue weighted by Gasteiger charge is -2.20. The highest BCUT2D eigenvalue weighted by Gasteiger charge is 2.21. The number of aliphatic carboxylic acids is 1. The molecule has 0 unspecified atom stereocenters. The van der Waals surface area contributed by atoms with Crippen LogP contribution < -0.4 is 5.32 Å². The molecule has 0 radical (unpaired) electrons. The van der Waals surface area contributed by atoms with Gasteiger partial charge in [0, 0.05) is 7.05 Å². The number of furan rings is 1. The molecular weight excluding hydrogens is 248 g/mol. The summed E-state index contributed by atoms with van der Waals surface area (Å²) in [6, 6.07) is 2.34. The normalized spacial score (nSPS) is 11.9.